The van der Waals surface area contributed by atoms with Gasteiger partial charge in [0.2, 0.25) is 0 Å². The van der Waals surface area contributed by atoms with Crippen molar-refractivity contribution in [2.45, 2.75) is 6.92 Å². The first-order valence-electron chi connectivity index (χ1n) is 8.02. The minimum atomic E-state index is -0.636. The number of ether oxygens (including phenoxy) is 2. The molecule has 0 aliphatic rings. The Morgan fingerprint density at radius 1 is 1.29 bits per heavy atom. The number of carbonyl (C=O) groups is 2. The van der Waals surface area contributed by atoms with Crippen LogP contribution in [0.3, 0.4) is 0 Å². The van der Waals surface area contributed by atoms with Crippen molar-refractivity contribution >= 4 is 44.8 Å². The third kappa shape index (κ3) is 4.07. The fraction of sp³-hybridized carbons (Fsp3) is 0.167. The van der Waals surface area contributed by atoms with Crippen LogP contribution in [-0.4, -0.2) is 35.5 Å². The highest BCUT2D eigenvalue weighted by Gasteiger charge is 2.19. The molecule has 28 heavy (non-hydrogen) atoms. The Morgan fingerprint density at radius 3 is 2.79 bits per heavy atom. The highest BCUT2D eigenvalue weighted by Crippen LogP contribution is 2.32. The van der Waals surface area contributed by atoms with E-state index in [1.54, 1.807) is 30.6 Å². The summed E-state index contributed by atoms with van der Waals surface area (Å²) in [6, 6.07) is 7.58. The average Bonchev–Trinajstić information content (AvgIpc) is 3.15. The summed E-state index contributed by atoms with van der Waals surface area (Å²) >= 11 is 1.40. The quantitative estimate of drug-likeness (QED) is 0.382. The fourth-order valence-electron chi connectivity index (χ4n) is 2.50. The molecule has 0 radical (unpaired) electrons. The Balaban J connectivity index is 1.65. The van der Waals surface area contributed by atoms with Crippen molar-refractivity contribution in [1.29, 1.82) is 0 Å². The molecule has 1 N–H and O–H groups in total. The predicted octanol–water partition coefficient (Wildman–Crippen LogP) is 3.32. The van der Waals surface area contributed by atoms with Crippen LogP contribution in [0.4, 0.5) is 11.4 Å². The first kappa shape index (κ1) is 19.2. The number of rotatable bonds is 6. The number of amides is 1. The van der Waals surface area contributed by atoms with E-state index in [0.717, 1.165) is 10.2 Å². The lowest BCUT2D eigenvalue weighted by atomic mass is 10.1. The van der Waals surface area contributed by atoms with Crippen molar-refractivity contribution in [2.75, 3.05) is 19.0 Å². The van der Waals surface area contributed by atoms with Gasteiger partial charge in [-0.2, -0.15) is 0 Å². The molecule has 1 aromatic heterocycles. The lowest BCUT2D eigenvalue weighted by molar-refractivity contribution is -0.385. The van der Waals surface area contributed by atoms with Crippen LogP contribution in [0.5, 0.6) is 5.75 Å². The van der Waals surface area contributed by atoms with Crippen LogP contribution in [0.25, 0.3) is 10.2 Å². The molecule has 0 atom stereocenters. The first-order valence-corrected chi connectivity index (χ1v) is 8.90. The number of thiazole rings is 1. The highest BCUT2D eigenvalue weighted by atomic mass is 32.1. The standard InChI is InChI=1S/C18H15N3O6S/c1-10-5-14(21(24)25)15(26-2)7-13(10)20-17(22)8-27-18(23)11-3-4-12-16(6-11)28-9-19-12/h3-7,9H,8H2,1-2H3,(H,20,22). The van der Waals surface area contributed by atoms with Gasteiger partial charge in [-0.3, -0.25) is 14.9 Å². The second-order valence-electron chi connectivity index (χ2n) is 5.76. The van der Waals surface area contributed by atoms with Crippen molar-refractivity contribution in [2.24, 2.45) is 0 Å². The number of methoxy groups -OCH3 is 1. The SMILES string of the molecule is COc1cc(NC(=O)COC(=O)c2ccc3ncsc3c2)c(C)cc1[N+](=O)[O-]. The minimum Gasteiger partial charge on any atom is -0.490 e. The fourth-order valence-corrected chi connectivity index (χ4v) is 3.21. The summed E-state index contributed by atoms with van der Waals surface area (Å²) in [6.45, 7) is 1.11. The summed E-state index contributed by atoms with van der Waals surface area (Å²) in [4.78, 5) is 38.8. The normalized spacial score (nSPS) is 10.5. The molecule has 0 saturated carbocycles. The van der Waals surface area contributed by atoms with E-state index in [0.29, 0.717) is 16.8 Å². The summed E-state index contributed by atoms with van der Waals surface area (Å²) in [5.41, 5.74) is 3.37. The number of fused-ring (bicyclic) bond motifs is 1. The summed E-state index contributed by atoms with van der Waals surface area (Å²) in [5.74, 6) is -1.20. The lowest BCUT2D eigenvalue weighted by Crippen LogP contribution is -2.21. The second kappa shape index (κ2) is 8.01. The monoisotopic (exact) mass is 401 g/mol. The van der Waals surface area contributed by atoms with Gasteiger partial charge in [-0.15, -0.1) is 11.3 Å². The Morgan fingerprint density at radius 2 is 2.07 bits per heavy atom. The van der Waals surface area contributed by atoms with Gasteiger partial charge in [-0.25, -0.2) is 9.78 Å². The van der Waals surface area contributed by atoms with E-state index in [2.05, 4.69) is 10.3 Å². The molecular weight excluding hydrogens is 386 g/mol. The average molecular weight is 401 g/mol. The van der Waals surface area contributed by atoms with Gasteiger partial charge in [0.15, 0.2) is 12.4 Å². The predicted molar refractivity (Wildman–Crippen MR) is 103 cm³/mol. The second-order valence-corrected chi connectivity index (χ2v) is 6.64. The number of nitro benzene ring substituents is 1. The van der Waals surface area contributed by atoms with Crippen molar-refractivity contribution in [3.8, 4) is 5.75 Å². The number of aromatic nitrogens is 1. The molecule has 0 unspecified atom stereocenters. The maximum atomic E-state index is 12.1. The molecular formula is C18H15N3O6S. The molecule has 0 saturated heterocycles. The van der Waals surface area contributed by atoms with Crippen molar-refractivity contribution in [3.63, 3.8) is 0 Å². The lowest BCUT2D eigenvalue weighted by Gasteiger charge is -2.11. The summed E-state index contributed by atoms with van der Waals surface area (Å²) in [7, 11) is 1.30. The van der Waals surface area contributed by atoms with Crippen LogP contribution in [0.1, 0.15) is 15.9 Å². The number of anilines is 1. The van der Waals surface area contributed by atoms with Crippen LogP contribution >= 0.6 is 11.3 Å². The van der Waals surface area contributed by atoms with Crippen LogP contribution in [0, 0.1) is 17.0 Å². The van der Waals surface area contributed by atoms with Crippen LogP contribution < -0.4 is 10.1 Å². The molecule has 0 aliphatic heterocycles. The van der Waals surface area contributed by atoms with E-state index < -0.39 is 23.4 Å². The smallest absolute Gasteiger partial charge is 0.338 e. The Bertz CT molecular complexity index is 1080. The van der Waals surface area contributed by atoms with Gasteiger partial charge in [0, 0.05) is 17.8 Å². The van der Waals surface area contributed by atoms with Crippen molar-refractivity contribution in [1.82, 2.24) is 4.98 Å². The number of carbonyl (C=O) groups excluding carboxylic acids is 2. The van der Waals surface area contributed by atoms with Crippen LogP contribution in [0.2, 0.25) is 0 Å². The summed E-state index contributed by atoms with van der Waals surface area (Å²) in [5, 5.41) is 13.6. The molecule has 1 amide bonds. The minimum absolute atomic E-state index is 0.0146. The third-order valence-corrected chi connectivity index (χ3v) is 4.69. The van der Waals surface area contributed by atoms with Crippen LogP contribution in [-0.2, 0) is 9.53 Å². The van der Waals surface area contributed by atoms with E-state index in [-0.39, 0.29) is 11.4 Å². The Kier molecular flexibility index (Phi) is 5.50. The molecule has 1 heterocycles. The molecule has 0 aliphatic carbocycles. The van der Waals surface area contributed by atoms with E-state index in [1.807, 2.05) is 0 Å². The number of hydrogen-bond acceptors (Lipinski definition) is 8. The molecule has 0 fully saturated rings. The van der Waals surface area contributed by atoms with Gasteiger partial charge in [0.05, 0.1) is 33.3 Å². The molecule has 10 heteroatoms. The number of nitro groups is 1. The molecule has 3 aromatic rings. The highest BCUT2D eigenvalue weighted by molar-refractivity contribution is 7.16. The van der Waals surface area contributed by atoms with E-state index in [9.17, 15) is 19.7 Å². The van der Waals surface area contributed by atoms with Crippen molar-refractivity contribution < 1.29 is 24.0 Å². The largest absolute Gasteiger partial charge is 0.490 e. The maximum Gasteiger partial charge on any atom is 0.338 e. The molecule has 144 valence electrons. The van der Waals surface area contributed by atoms with E-state index in [1.165, 1.54) is 30.6 Å². The molecule has 9 nitrogen and oxygen atoms in total. The number of esters is 1. The van der Waals surface area contributed by atoms with Gasteiger partial charge in [0.25, 0.3) is 5.91 Å². The van der Waals surface area contributed by atoms with Crippen molar-refractivity contribution in [3.05, 3.63) is 57.1 Å². The van der Waals surface area contributed by atoms with Crippen LogP contribution in [0.15, 0.2) is 35.8 Å². The molecule has 0 bridgehead atoms. The zero-order valence-corrected chi connectivity index (χ0v) is 15.7. The zero-order valence-electron chi connectivity index (χ0n) is 14.9. The van der Waals surface area contributed by atoms with E-state index in [4.69, 9.17) is 9.47 Å². The van der Waals surface area contributed by atoms with Gasteiger partial charge in [-0.1, -0.05) is 0 Å². The topological polar surface area (TPSA) is 121 Å². The van der Waals surface area contributed by atoms with Gasteiger partial charge in [-0.05, 0) is 30.7 Å². The number of nitrogens with one attached hydrogen (secondary N) is 1. The first-order chi connectivity index (χ1) is 13.4. The number of hydrogen-bond donors (Lipinski definition) is 1. The van der Waals surface area contributed by atoms with Gasteiger partial charge < -0.3 is 14.8 Å². The number of nitrogens with zero attached hydrogens (tertiary/aromatic N) is 2. The summed E-state index contributed by atoms with van der Waals surface area (Å²) in [6.07, 6.45) is 0. The number of aryl methyl sites for hydroxylation is 1. The van der Waals surface area contributed by atoms with Gasteiger partial charge >= 0.3 is 11.7 Å². The summed E-state index contributed by atoms with van der Waals surface area (Å²) < 4.78 is 10.9. The molecule has 2 aromatic carbocycles. The zero-order chi connectivity index (χ0) is 20.3. The van der Waals surface area contributed by atoms with E-state index >= 15 is 0 Å². The number of benzene rings is 2. The Hall–Kier alpha value is -3.53. The Labute approximate surface area is 163 Å². The molecule has 0 spiro atoms. The van der Waals surface area contributed by atoms with Gasteiger partial charge in [0.1, 0.15) is 0 Å². The molecule has 3 rings (SSSR count). The third-order valence-electron chi connectivity index (χ3n) is 3.90. The maximum absolute atomic E-state index is 12.1.